The van der Waals surface area contributed by atoms with Gasteiger partial charge in [-0.25, -0.2) is 0 Å². The van der Waals surface area contributed by atoms with E-state index in [1.165, 1.54) is 0 Å². The topological polar surface area (TPSA) is 27.7 Å². The molecule has 0 spiro atoms. The molecule has 0 N–H and O–H groups in total. The van der Waals surface area contributed by atoms with E-state index in [2.05, 4.69) is 0 Å². The maximum atomic E-state index is 5.73. The van der Waals surface area contributed by atoms with Crippen LogP contribution in [0.5, 0.6) is 11.5 Å². The Morgan fingerprint density at radius 2 is 1.04 bits per heavy atom. The maximum absolute atomic E-state index is 5.73. The average molecular weight is 574 g/mol. The first-order valence-corrected chi connectivity index (χ1v) is 19.5. The molecule has 0 radical (unpaired) electrons. The molecule has 0 aromatic heterocycles. The van der Waals surface area contributed by atoms with Crippen LogP contribution in [-0.2, 0) is 4.74 Å². The summed E-state index contributed by atoms with van der Waals surface area (Å²) in [6.45, 7) is 1.73. The molecule has 2 rings (SSSR count). The summed E-state index contributed by atoms with van der Waals surface area (Å²) in [5, 5.41) is 2.27. The fraction of sp³-hybridized carbons (Fsp3) is 0.250. The number of hydrogen-bond acceptors (Lipinski definition) is 3. The number of ether oxygens (including phenoxy) is 1. The molecule has 0 saturated heterocycles. The molecule has 0 atom stereocenters. The second kappa shape index (κ2) is 13.4. The summed E-state index contributed by atoms with van der Waals surface area (Å²) in [6, 6.07) is 20.1. The Morgan fingerprint density at radius 3 is 1.48 bits per heavy atom. The molecule has 3 nitrogen and oxygen atoms in total. The van der Waals surface area contributed by atoms with E-state index < -0.39 is 0 Å². The number of rotatable bonds is 12. The second-order valence-electron chi connectivity index (χ2n) is 4.19. The predicted molar refractivity (Wildman–Crippen MR) is 97.6 cm³/mol. The molecule has 7 heteroatoms. The molecule has 0 heterocycles. The number of para-hydroxylation sites is 2. The van der Waals surface area contributed by atoms with Crippen LogP contribution >= 0.6 is 0 Å². The van der Waals surface area contributed by atoms with Crippen LogP contribution in [0.25, 0.3) is 0 Å². The van der Waals surface area contributed by atoms with Gasteiger partial charge in [0, 0.05) is 0 Å². The Labute approximate surface area is 160 Å². The summed E-state index contributed by atoms with van der Waals surface area (Å²) in [5.74, 6) is 1.97. The van der Waals surface area contributed by atoms with Crippen LogP contribution in [0.2, 0.25) is 10.6 Å². The van der Waals surface area contributed by atoms with Crippen LogP contribution in [0.4, 0.5) is 0 Å². The molecule has 23 heavy (non-hydrogen) atoms. The summed E-state index contributed by atoms with van der Waals surface area (Å²) < 4.78 is 17.1. The van der Waals surface area contributed by atoms with Gasteiger partial charge < -0.3 is 0 Å². The zero-order valence-electron chi connectivity index (χ0n) is 12.5. The monoisotopic (exact) mass is 578 g/mol. The van der Waals surface area contributed by atoms with Crippen molar-refractivity contribution < 1.29 is 12.4 Å². The van der Waals surface area contributed by atoms with E-state index in [9.17, 15) is 0 Å². The first-order chi connectivity index (χ1) is 11.4. The van der Waals surface area contributed by atoms with Crippen LogP contribution in [0.15, 0.2) is 60.7 Å². The molecule has 0 saturated carbocycles. The van der Waals surface area contributed by atoms with E-state index in [0.29, 0.717) is 26.3 Å². The van der Waals surface area contributed by atoms with E-state index in [1.54, 1.807) is 0 Å². The Morgan fingerprint density at radius 1 is 0.609 bits per heavy atom. The van der Waals surface area contributed by atoms with Gasteiger partial charge in [-0.05, 0) is 0 Å². The van der Waals surface area contributed by atoms with Crippen molar-refractivity contribution in [2.24, 2.45) is 0 Å². The van der Waals surface area contributed by atoms with Crippen LogP contribution in [0.1, 0.15) is 0 Å². The molecule has 0 aliphatic rings. The Bertz CT molecular complexity index is 466. The van der Waals surface area contributed by atoms with E-state index in [4.69, 9.17) is 12.4 Å². The fourth-order valence-electron chi connectivity index (χ4n) is 1.43. The van der Waals surface area contributed by atoms with E-state index in [-0.39, 0.29) is 26.9 Å². The van der Waals surface area contributed by atoms with Gasteiger partial charge in [0.2, 0.25) is 0 Å². The van der Waals surface area contributed by atoms with Crippen molar-refractivity contribution >= 4 is 53.2 Å². The van der Waals surface area contributed by atoms with Crippen LogP contribution in [0, 0.1) is 0 Å². The van der Waals surface area contributed by atoms with Gasteiger partial charge in [0.1, 0.15) is 0 Å². The van der Waals surface area contributed by atoms with Gasteiger partial charge in [-0.1, -0.05) is 0 Å². The van der Waals surface area contributed by atoms with Gasteiger partial charge in [-0.15, -0.1) is 0 Å². The van der Waals surface area contributed by atoms with Crippen LogP contribution < -0.4 is 7.64 Å². The Balaban J connectivity index is 1.34. The van der Waals surface area contributed by atoms with E-state index >= 15 is 0 Å². The van der Waals surface area contributed by atoms with E-state index in [1.807, 2.05) is 60.7 Å². The summed E-state index contributed by atoms with van der Waals surface area (Å²) in [6.07, 6.45) is 0. The van der Waals surface area contributed by atoms with Crippen molar-refractivity contribution in [1.82, 2.24) is 0 Å². The standard InChI is InChI=1S/C16H18O3Se4/c1-3-7-15(8-4-1)18-22-20-13-11-17-12-14-21-23-19-16-9-5-2-6-10-16/h1-10H,11-14H2. The van der Waals surface area contributed by atoms with Crippen molar-refractivity contribution in [3.05, 3.63) is 60.7 Å². The Hall–Kier alpha value is 0.0779. The average Bonchev–Trinajstić information content (AvgIpc) is 2.61. The summed E-state index contributed by atoms with van der Waals surface area (Å²) in [7, 11) is 0. The summed E-state index contributed by atoms with van der Waals surface area (Å²) >= 11 is 1.64. The van der Waals surface area contributed by atoms with Crippen molar-refractivity contribution in [2.45, 2.75) is 10.6 Å². The van der Waals surface area contributed by atoms with E-state index in [0.717, 1.165) is 35.4 Å². The number of benzene rings is 2. The third kappa shape index (κ3) is 9.84. The zero-order chi connectivity index (χ0) is 16.0. The normalized spacial score (nSPS) is 10.4. The van der Waals surface area contributed by atoms with Crippen molar-refractivity contribution in [3.63, 3.8) is 0 Å². The van der Waals surface area contributed by atoms with Crippen molar-refractivity contribution in [2.75, 3.05) is 13.2 Å². The molecule has 0 aliphatic carbocycles. The van der Waals surface area contributed by atoms with Gasteiger partial charge in [0.25, 0.3) is 0 Å². The molecule has 2 aromatic rings. The first-order valence-electron chi connectivity index (χ1n) is 7.05. The molecule has 0 unspecified atom stereocenters. The SMILES string of the molecule is c1ccc(O[Se][Se]CCOCC[Se][Se]Oc2ccccc2)cc1. The summed E-state index contributed by atoms with van der Waals surface area (Å²) in [5.41, 5.74) is 0. The summed E-state index contributed by atoms with van der Waals surface area (Å²) in [4.78, 5) is 0. The molecule has 2 aromatic carbocycles. The van der Waals surface area contributed by atoms with Gasteiger partial charge in [-0.2, -0.15) is 0 Å². The quantitative estimate of drug-likeness (QED) is 0.288. The minimum absolute atomic E-state index is 0.272. The minimum atomic E-state index is 0.272. The van der Waals surface area contributed by atoms with Gasteiger partial charge in [-0.3, -0.25) is 0 Å². The van der Waals surface area contributed by atoms with Gasteiger partial charge in [0.15, 0.2) is 0 Å². The third-order valence-electron chi connectivity index (χ3n) is 2.47. The van der Waals surface area contributed by atoms with Gasteiger partial charge >= 0.3 is 162 Å². The third-order valence-corrected chi connectivity index (χ3v) is 12.6. The molecule has 0 aliphatic heterocycles. The molecule has 0 fully saturated rings. The molecule has 124 valence electrons. The molecule has 0 bridgehead atoms. The second-order valence-corrected chi connectivity index (χ2v) is 16.3. The fourth-order valence-corrected chi connectivity index (χ4v) is 9.23. The zero-order valence-corrected chi connectivity index (χ0v) is 19.3. The molecular weight excluding hydrogens is 556 g/mol. The number of hydrogen-bond donors (Lipinski definition) is 0. The molecule has 0 amide bonds. The predicted octanol–water partition coefficient (Wildman–Crippen LogP) is 2.47. The van der Waals surface area contributed by atoms with Crippen LogP contribution in [0.3, 0.4) is 0 Å². The van der Waals surface area contributed by atoms with Crippen molar-refractivity contribution in [1.29, 1.82) is 0 Å². The Kier molecular flexibility index (Phi) is 11.3. The van der Waals surface area contributed by atoms with Gasteiger partial charge in [0.05, 0.1) is 0 Å². The van der Waals surface area contributed by atoms with Crippen LogP contribution in [-0.4, -0.2) is 66.4 Å². The first kappa shape index (κ1) is 19.4. The van der Waals surface area contributed by atoms with Crippen molar-refractivity contribution in [3.8, 4) is 11.5 Å². The molecular formula is C16H18O3Se4.